The highest BCUT2D eigenvalue weighted by Gasteiger charge is 2.15. The van der Waals surface area contributed by atoms with Crippen molar-refractivity contribution in [1.29, 1.82) is 5.26 Å². The fraction of sp³-hybridized carbons (Fsp3) is 0.138. The first kappa shape index (κ1) is 26.5. The van der Waals surface area contributed by atoms with Crippen molar-refractivity contribution in [3.8, 4) is 17.6 Å². The number of amides is 1. The quantitative estimate of drug-likeness (QED) is 0.170. The second-order valence-electron chi connectivity index (χ2n) is 8.36. The number of carbonyl (C=O) groups excluding carboxylic acids is 1. The van der Waals surface area contributed by atoms with Crippen LogP contribution in [0.4, 0.5) is 0 Å². The molecule has 0 spiro atoms. The minimum atomic E-state index is -1.02. The van der Waals surface area contributed by atoms with E-state index in [1.54, 1.807) is 24.3 Å². The Bertz CT molecular complexity index is 1570. The predicted molar refractivity (Wildman–Crippen MR) is 147 cm³/mol. The van der Waals surface area contributed by atoms with Crippen LogP contribution in [-0.2, 0) is 17.8 Å². The fourth-order valence-electron chi connectivity index (χ4n) is 3.97. The molecule has 3 N–H and O–H groups in total. The Balaban J connectivity index is 1.44. The summed E-state index contributed by atoms with van der Waals surface area (Å²) in [5.74, 6) is -0.692. The number of carbonyl (C=O) groups is 2. The standard InChI is InChI=1S/C29H24BrN3O5/c1-37-26-14-19(13-24(30)27(26)38-17-18-5-4-6-20(11-18)29(35)36)12-22(15-31)28(34)32-10-9-21-16-33-25-8-3-2-7-23(21)25/h2-8,11-14,16,33H,9-10,17H2,1H3,(H,32,34)(H,35,36)/b22-12-. The number of nitriles is 1. The summed E-state index contributed by atoms with van der Waals surface area (Å²) in [5, 5.41) is 22.7. The monoisotopic (exact) mass is 573 g/mol. The number of hydrogen-bond acceptors (Lipinski definition) is 5. The molecule has 9 heteroatoms. The van der Waals surface area contributed by atoms with Crippen LogP contribution in [0, 0.1) is 11.3 Å². The van der Waals surface area contributed by atoms with Crippen LogP contribution in [0.25, 0.3) is 17.0 Å². The van der Waals surface area contributed by atoms with E-state index in [1.807, 2.05) is 36.5 Å². The summed E-state index contributed by atoms with van der Waals surface area (Å²) in [4.78, 5) is 27.1. The lowest BCUT2D eigenvalue weighted by molar-refractivity contribution is -0.117. The number of halogens is 1. The van der Waals surface area contributed by atoms with Crippen LogP contribution in [0.15, 0.2) is 76.9 Å². The van der Waals surface area contributed by atoms with Gasteiger partial charge in [-0.2, -0.15) is 5.26 Å². The molecule has 1 amide bonds. The molecule has 8 nitrogen and oxygen atoms in total. The number of para-hydroxylation sites is 1. The first-order valence-corrected chi connectivity index (χ1v) is 12.5. The minimum absolute atomic E-state index is 0.0444. The molecule has 192 valence electrons. The fourth-order valence-corrected chi connectivity index (χ4v) is 4.55. The summed E-state index contributed by atoms with van der Waals surface area (Å²) in [5.41, 5.74) is 3.49. The van der Waals surface area contributed by atoms with E-state index in [0.717, 1.165) is 16.5 Å². The van der Waals surface area contributed by atoms with Crippen molar-refractivity contribution in [3.05, 3.63) is 99.2 Å². The second-order valence-corrected chi connectivity index (χ2v) is 9.22. The Labute approximate surface area is 227 Å². The summed E-state index contributed by atoms with van der Waals surface area (Å²) in [7, 11) is 1.48. The molecule has 0 aliphatic rings. The average molecular weight is 574 g/mol. The van der Waals surface area contributed by atoms with Gasteiger partial charge in [-0.1, -0.05) is 30.3 Å². The molecule has 4 aromatic rings. The number of aromatic nitrogens is 1. The van der Waals surface area contributed by atoms with Gasteiger partial charge in [-0.05, 0) is 75.4 Å². The van der Waals surface area contributed by atoms with E-state index < -0.39 is 11.9 Å². The average Bonchev–Trinajstić information content (AvgIpc) is 3.33. The molecule has 0 radical (unpaired) electrons. The van der Waals surface area contributed by atoms with Crippen molar-refractivity contribution in [2.75, 3.05) is 13.7 Å². The highest BCUT2D eigenvalue weighted by atomic mass is 79.9. The second kappa shape index (κ2) is 12.1. The number of fused-ring (bicyclic) bond motifs is 1. The lowest BCUT2D eigenvalue weighted by Crippen LogP contribution is -2.26. The van der Waals surface area contributed by atoms with Crippen molar-refractivity contribution in [2.45, 2.75) is 13.0 Å². The van der Waals surface area contributed by atoms with Crippen LogP contribution >= 0.6 is 15.9 Å². The van der Waals surface area contributed by atoms with E-state index in [9.17, 15) is 20.0 Å². The molecule has 1 aromatic heterocycles. The van der Waals surface area contributed by atoms with E-state index in [-0.39, 0.29) is 17.7 Å². The van der Waals surface area contributed by atoms with E-state index in [0.29, 0.717) is 40.1 Å². The molecule has 0 aliphatic carbocycles. The molecule has 1 heterocycles. The van der Waals surface area contributed by atoms with Gasteiger partial charge in [0.2, 0.25) is 0 Å². The summed E-state index contributed by atoms with van der Waals surface area (Å²) in [6.07, 6.45) is 4.03. The number of benzene rings is 3. The van der Waals surface area contributed by atoms with Gasteiger partial charge in [0.05, 0.1) is 17.1 Å². The Morgan fingerprint density at radius 3 is 2.74 bits per heavy atom. The first-order chi connectivity index (χ1) is 18.4. The highest BCUT2D eigenvalue weighted by molar-refractivity contribution is 9.10. The maximum Gasteiger partial charge on any atom is 0.335 e. The van der Waals surface area contributed by atoms with Crippen LogP contribution in [0.5, 0.6) is 11.5 Å². The number of aromatic carboxylic acids is 1. The van der Waals surface area contributed by atoms with Gasteiger partial charge in [-0.25, -0.2) is 4.79 Å². The molecule has 38 heavy (non-hydrogen) atoms. The Kier molecular flexibility index (Phi) is 8.46. The summed E-state index contributed by atoms with van der Waals surface area (Å²) in [6, 6.07) is 19.7. The maximum absolute atomic E-state index is 12.7. The van der Waals surface area contributed by atoms with Gasteiger partial charge in [0.1, 0.15) is 18.2 Å². The molecular formula is C29H24BrN3O5. The minimum Gasteiger partial charge on any atom is -0.493 e. The Morgan fingerprint density at radius 2 is 1.97 bits per heavy atom. The molecule has 4 rings (SSSR count). The van der Waals surface area contributed by atoms with Crippen molar-refractivity contribution in [2.24, 2.45) is 0 Å². The number of carboxylic acids is 1. The summed E-state index contributed by atoms with van der Waals surface area (Å²) >= 11 is 3.47. The van der Waals surface area contributed by atoms with Crippen molar-refractivity contribution in [3.63, 3.8) is 0 Å². The smallest absolute Gasteiger partial charge is 0.335 e. The zero-order chi connectivity index (χ0) is 27.1. The topological polar surface area (TPSA) is 124 Å². The molecule has 0 unspecified atom stereocenters. The number of carboxylic acid groups (broad SMARTS) is 1. The van der Waals surface area contributed by atoms with Crippen molar-refractivity contribution >= 4 is 44.8 Å². The lowest BCUT2D eigenvalue weighted by Gasteiger charge is -2.14. The van der Waals surface area contributed by atoms with Gasteiger partial charge in [0, 0.05) is 23.6 Å². The van der Waals surface area contributed by atoms with Crippen LogP contribution in [-0.4, -0.2) is 35.6 Å². The zero-order valence-electron chi connectivity index (χ0n) is 20.5. The van der Waals surface area contributed by atoms with Gasteiger partial charge in [-0.15, -0.1) is 0 Å². The lowest BCUT2D eigenvalue weighted by atomic mass is 10.1. The highest BCUT2D eigenvalue weighted by Crippen LogP contribution is 2.37. The third-order valence-electron chi connectivity index (χ3n) is 5.84. The van der Waals surface area contributed by atoms with Gasteiger partial charge < -0.3 is 24.9 Å². The predicted octanol–water partition coefficient (Wildman–Crippen LogP) is 5.48. The number of ether oxygens (including phenoxy) is 2. The Morgan fingerprint density at radius 1 is 1.16 bits per heavy atom. The van der Waals surface area contributed by atoms with Crippen molar-refractivity contribution in [1.82, 2.24) is 10.3 Å². The summed E-state index contributed by atoms with van der Waals surface area (Å²) in [6.45, 7) is 0.496. The van der Waals surface area contributed by atoms with E-state index in [2.05, 4.69) is 26.2 Å². The molecule has 0 fully saturated rings. The molecule has 0 bridgehead atoms. The first-order valence-electron chi connectivity index (χ1n) is 11.7. The number of H-pyrrole nitrogens is 1. The molecule has 0 atom stereocenters. The number of nitrogens with zero attached hydrogens (tertiary/aromatic N) is 1. The summed E-state index contributed by atoms with van der Waals surface area (Å²) < 4.78 is 11.9. The van der Waals surface area contributed by atoms with Crippen molar-refractivity contribution < 1.29 is 24.2 Å². The van der Waals surface area contributed by atoms with Gasteiger partial charge >= 0.3 is 5.97 Å². The molecule has 0 saturated heterocycles. The van der Waals surface area contributed by atoms with Gasteiger partial charge in [0.15, 0.2) is 11.5 Å². The zero-order valence-corrected chi connectivity index (χ0v) is 22.0. The largest absolute Gasteiger partial charge is 0.493 e. The third-order valence-corrected chi connectivity index (χ3v) is 6.43. The Hall–Kier alpha value is -4.55. The molecule has 0 aliphatic heterocycles. The van der Waals surface area contributed by atoms with E-state index in [4.69, 9.17) is 9.47 Å². The van der Waals surface area contributed by atoms with Gasteiger partial charge in [0.25, 0.3) is 5.91 Å². The SMILES string of the molecule is COc1cc(/C=C(/C#N)C(=O)NCCc2c[nH]c3ccccc23)cc(Br)c1OCc1cccc(C(=O)O)c1. The molecular weight excluding hydrogens is 550 g/mol. The van der Waals surface area contributed by atoms with E-state index >= 15 is 0 Å². The normalized spacial score (nSPS) is 11.1. The third kappa shape index (κ3) is 6.22. The maximum atomic E-state index is 12.7. The van der Waals surface area contributed by atoms with Crippen LogP contribution in [0.1, 0.15) is 27.0 Å². The number of methoxy groups -OCH3 is 1. The molecule has 0 saturated carbocycles. The van der Waals surface area contributed by atoms with Crippen LogP contribution < -0.4 is 14.8 Å². The number of rotatable bonds is 10. The number of nitrogens with one attached hydrogen (secondary N) is 2. The number of aromatic amines is 1. The van der Waals surface area contributed by atoms with Gasteiger partial charge in [-0.3, -0.25) is 4.79 Å². The van der Waals surface area contributed by atoms with Crippen LogP contribution in [0.3, 0.4) is 0 Å². The molecule has 3 aromatic carbocycles. The van der Waals surface area contributed by atoms with E-state index in [1.165, 1.54) is 25.3 Å². The van der Waals surface area contributed by atoms with Crippen LogP contribution in [0.2, 0.25) is 0 Å². The number of hydrogen-bond donors (Lipinski definition) is 3.